The van der Waals surface area contributed by atoms with Crippen LogP contribution < -0.4 is 10.6 Å². The van der Waals surface area contributed by atoms with Gasteiger partial charge in [-0.05, 0) is 18.1 Å². The Morgan fingerprint density at radius 3 is 3.06 bits per heavy atom. The number of rotatable bonds is 1. The van der Waals surface area contributed by atoms with E-state index in [1.54, 1.807) is 4.90 Å². The van der Waals surface area contributed by atoms with Crippen LogP contribution in [0.25, 0.3) is 0 Å². The van der Waals surface area contributed by atoms with Crippen molar-refractivity contribution in [3.63, 3.8) is 0 Å². The second-order valence-electron chi connectivity index (χ2n) is 4.47. The molecule has 5 heteroatoms. The van der Waals surface area contributed by atoms with E-state index in [-0.39, 0.29) is 11.9 Å². The summed E-state index contributed by atoms with van der Waals surface area (Å²) >= 11 is 0. The SMILES string of the molecule is NC1Cc2ccccc2N(C(=O)c2cnc[nH]2)C1. The Bertz CT molecular complexity index is 564. The molecular weight excluding hydrogens is 228 g/mol. The van der Waals surface area contributed by atoms with Crippen LogP contribution >= 0.6 is 0 Å². The molecule has 0 radical (unpaired) electrons. The number of amides is 1. The molecular formula is C13H14N4O. The average Bonchev–Trinajstić information content (AvgIpc) is 2.90. The maximum atomic E-state index is 12.4. The van der Waals surface area contributed by atoms with Crippen molar-refractivity contribution in [1.29, 1.82) is 0 Å². The number of aromatic nitrogens is 2. The summed E-state index contributed by atoms with van der Waals surface area (Å²) in [5.41, 5.74) is 8.55. The van der Waals surface area contributed by atoms with Gasteiger partial charge in [0.05, 0.1) is 12.5 Å². The van der Waals surface area contributed by atoms with Gasteiger partial charge in [-0.3, -0.25) is 4.79 Å². The van der Waals surface area contributed by atoms with Crippen molar-refractivity contribution >= 4 is 11.6 Å². The van der Waals surface area contributed by atoms with Gasteiger partial charge < -0.3 is 15.6 Å². The van der Waals surface area contributed by atoms with Crippen LogP contribution in [0.4, 0.5) is 5.69 Å². The Balaban J connectivity index is 2.00. The maximum Gasteiger partial charge on any atom is 0.276 e. The number of anilines is 1. The molecule has 2 heterocycles. The van der Waals surface area contributed by atoms with Crippen molar-refractivity contribution in [2.45, 2.75) is 12.5 Å². The standard InChI is InChI=1S/C13H14N4O/c14-10-5-9-3-1-2-4-12(9)17(7-10)13(18)11-6-15-8-16-11/h1-4,6,8,10H,5,7,14H2,(H,15,16). The first-order valence-electron chi connectivity index (χ1n) is 5.89. The number of hydrogen-bond donors (Lipinski definition) is 2. The summed E-state index contributed by atoms with van der Waals surface area (Å²) in [6, 6.07) is 7.85. The Kier molecular flexibility index (Phi) is 2.60. The number of carbonyl (C=O) groups excluding carboxylic acids is 1. The molecule has 18 heavy (non-hydrogen) atoms. The highest BCUT2D eigenvalue weighted by Crippen LogP contribution is 2.27. The molecule has 92 valence electrons. The number of nitrogens with two attached hydrogens (primary N) is 1. The summed E-state index contributed by atoms with van der Waals surface area (Å²) in [6.07, 6.45) is 3.84. The zero-order valence-electron chi connectivity index (χ0n) is 9.84. The van der Waals surface area contributed by atoms with E-state index in [2.05, 4.69) is 9.97 Å². The number of carbonyl (C=O) groups is 1. The highest BCUT2D eigenvalue weighted by molar-refractivity contribution is 6.05. The Labute approximate surface area is 105 Å². The molecule has 0 bridgehead atoms. The third-order valence-electron chi connectivity index (χ3n) is 3.16. The van der Waals surface area contributed by atoms with Gasteiger partial charge in [0.2, 0.25) is 0 Å². The highest BCUT2D eigenvalue weighted by Gasteiger charge is 2.27. The van der Waals surface area contributed by atoms with Crippen molar-refractivity contribution in [3.8, 4) is 0 Å². The summed E-state index contributed by atoms with van der Waals surface area (Å²) in [7, 11) is 0. The minimum absolute atomic E-state index is 0.0215. The normalized spacial score (nSPS) is 18.5. The van der Waals surface area contributed by atoms with Crippen LogP contribution in [0, 0.1) is 0 Å². The number of fused-ring (bicyclic) bond motifs is 1. The minimum atomic E-state index is -0.0879. The van der Waals surface area contributed by atoms with Gasteiger partial charge in [0.1, 0.15) is 5.69 Å². The lowest BCUT2D eigenvalue weighted by atomic mass is 9.98. The lowest BCUT2D eigenvalue weighted by molar-refractivity contribution is 0.0979. The van der Waals surface area contributed by atoms with E-state index >= 15 is 0 Å². The molecule has 5 nitrogen and oxygen atoms in total. The third kappa shape index (κ3) is 1.78. The first-order chi connectivity index (χ1) is 8.75. The number of hydrogen-bond acceptors (Lipinski definition) is 3. The van der Waals surface area contributed by atoms with Crippen molar-refractivity contribution in [1.82, 2.24) is 9.97 Å². The van der Waals surface area contributed by atoms with Crippen LogP contribution in [0.1, 0.15) is 16.1 Å². The fourth-order valence-electron chi connectivity index (χ4n) is 2.34. The van der Waals surface area contributed by atoms with Crippen molar-refractivity contribution in [2.24, 2.45) is 5.73 Å². The van der Waals surface area contributed by atoms with Crippen molar-refractivity contribution < 1.29 is 4.79 Å². The Morgan fingerprint density at radius 2 is 2.28 bits per heavy atom. The predicted molar refractivity (Wildman–Crippen MR) is 68.4 cm³/mol. The second-order valence-corrected chi connectivity index (χ2v) is 4.47. The Hall–Kier alpha value is -2.14. The number of para-hydroxylation sites is 1. The fourth-order valence-corrected chi connectivity index (χ4v) is 2.34. The highest BCUT2D eigenvalue weighted by atomic mass is 16.2. The van der Waals surface area contributed by atoms with Gasteiger partial charge in [0.15, 0.2) is 0 Å². The number of nitrogens with one attached hydrogen (secondary N) is 1. The molecule has 2 aromatic rings. The largest absolute Gasteiger partial charge is 0.341 e. The first kappa shape index (κ1) is 11.0. The lowest BCUT2D eigenvalue weighted by Gasteiger charge is -2.32. The van der Waals surface area contributed by atoms with Gasteiger partial charge >= 0.3 is 0 Å². The predicted octanol–water partition coefficient (Wildman–Crippen LogP) is 0.940. The molecule has 0 fully saturated rings. The molecule has 1 amide bonds. The van der Waals surface area contributed by atoms with Crippen LogP contribution in [0.5, 0.6) is 0 Å². The number of imidazole rings is 1. The second kappa shape index (κ2) is 4.27. The molecule has 1 aromatic carbocycles. The first-order valence-corrected chi connectivity index (χ1v) is 5.89. The maximum absolute atomic E-state index is 12.4. The van der Waals surface area contributed by atoms with Gasteiger partial charge in [-0.1, -0.05) is 18.2 Å². The van der Waals surface area contributed by atoms with Crippen LogP contribution in [-0.2, 0) is 6.42 Å². The molecule has 0 spiro atoms. The third-order valence-corrected chi connectivity index (χ3v) is 3.16. The van der Waals surface area contributed by atoms with Crippen molar-refractivity contribution in [2.75, 3.05) is 11.4 Å². The molecule has 1 aromatic heterocycles. The molecule has 1 aliphatic rings. The quantitative estimate of drug-likeness (QED) is 0.781. The van der Waals surface area contributed by atoms with Crippen molar-refractivity contribution in [3.05, 3.63) is 48.0 Å². The van der Waals surface area contributed by atoms with Crippen LogP contribution in [-0.4, -0.2) is 28.5 Å². The van der Waals surface area contributed by atoms with Gasteiger partial charge in [-0.2, -0.15) is 0 Å². The topological polar surface area (TPSA) is 75.0 Å². The number of benzene rings is 1. The molecule has 1 atom stereocenters. The summed E-state index contributed by atoms with van der Waals surface area (Å²) in [6.45, 7) is 0.537. The molecule has 3 rings (SSSR count). The van der Waals surface area contributed by atoms with Crippen LogP contribution in [0.3, 0.4) is 0 Å². The molecule has 0 saturated carbocycles. The summed E-state index contributed by atoms with van der Waals surface area (Å²) in [5.74, 6) is -0.0879. The van der Waals surface area contributed by atoms with E-state index in [0.717, 1.165) is 17.7 Å². The fraction of sp³-hybridized carbons (Fsp3) is 0.231. The van der Waals surface area contributed by atoms with E-state index in [1.807, 2.05) is 24.3 Å². The lowest BCUT2D eigenvalue weighted by Crippen LogP contribution is -2.46. The molecule has 1 unspecified atom stereocenters. The zero-order chi connectivity index (χ0) is 12.5. The van der Waals surface area contributed by atoms with E-state index in [0.29, 0.717) is 12.2 Å². The average molecular weight is 242 g/mol. The molecule has 0 aliphatic carbocycles. The van der Waals surface area contributed by atoms with E-state index < -0.39 is 0 Å². The smallest absolute Gasteiger partial charge is 0.276 e. The summed E-state index contributed by atoms with van der Waals surface area (Å²) in [4.78, 5) is 20.8. The van der Waals surface area contributed by atoms with Gasteiger partial charge in [0.25, 0.3) is 5.91 Å². The van der Waals surface area contributed by atoms with Crippen LogP contribution in [0.15, 0.2) is 36.8 Å². The number of H-pyrrole nitrogens is 1. The van der Waals surface area contributed by atoms with E-state index in [9.17, 15) is 4.79 Å². The zero-order valence-corrected chi connectivity index (χ0v) is 9.84. The van der Waals surface area contributed by atoms with E-state index in [1.165, 1.54) is 12.5 Å². The van der Waals surface area contributed by atoms with Gasteiger partial charge in [0, 0.05) is 18.3 Å². The number of nitrogens with zero attached hydrogens (tertiary/aromatic N) is 2. The summed E-state index contributed by atoms with van der Waals surface area (Å²) in [5, 5.41) is 0. The number of aromatic amines is 1. The Morgan fingerprint density at radius 1 is 1.44 bits per heavy atom. The van der Waals surface area contributed by atoms with E-state index in [4.69, 9.17) is 5.73 Å². The summed E-state index contributed by atoms with van der Waals surface area (Å²) < 4.78 is 0. The van der Waals surface area contributed by atoms with Gasteiger partial charge in [-0.25, -0.2) is 4.98 Å². The molecule has 1 aliphatic heterocycles. The monoisotopic (exact) mass is 242 g/mol. The molecule has 0 saturated heterocycles. The minimum Gasteiger partial charge on any atom is -0.341 e. The van der Waals surface area contributed by atoms with Crippen LogP contribution in [0.2, 0.25) is 0 Å². The van der Waals surface area contributed by atoms with Gasteiger partial charge in [-0.15, -0.1) is 0 Å². The molecule has 3 N–H and O–H groups in total.